The van der Waals surface area contributed by atoms with E-state index in [9.17, 15) is 0 Å². The Morgan fingerprint density at radius 2 is 1.93 bits per heavy atom. The molecule has 0 N–H and O–H groups in total. The van der Waals surface area contributed by atoms with Gasteiger partial charge in [-0.15, -0.1) is 0 Å². The molecule has 1 saturated carbocycles. The summed E-state index contributed by atoms with van der Waals surface area (Å²) in [6, 6.07) is 0.774. The van der Waals surface area contributed by atoms with E-state index in [-0.39, 0.29) is 0 Å². The first kappa shape index (κ1) is 10.1. The zero-order valence-corrected chi connectivity index (χ0v) is 9.84. The minimum atomic E-state index is 0.442. The summed E-state index contributed by atoms with van der Waals surface area (Å²) in [7, 11) is 0. The fourth-order valence-corrected chi connectivity index (χ4v) is 2.62. The normalized spacial score (nSPS) is 27.8. The van der Waals surface area contributed by atoms with Gasteiger partial charge in [0.2, 0.25) is 0 Å². The Hall–Kier alpha value is -0.460. The van der Waals surface area contributed by atoms with Crippen molar-refractivity contribution in [1.82, 2.24) is 4.90 Å². The van der Waals surface area contributed by atoms with Crippen molar-refractivity contribution in [3.8, 4) is 0 Å². The molecule has 0 radical (unpaired) electrons. The summed E-state index contributed by atoms with van der Waals surface area (Å²) >= 11 is 0. The molecule has 0 spiro atoms. The highest BCUT2D eigenvalue weighted by atomic mass is 15.2. The van der Waals surface area contributed by atoms with Crippen LogP contribution in [0.4, 0.5) is 0 Å². The fraction of sp³-hybridized carbons (Fsp3) is 0.846. The lowest BCUT2D eigenvalue weighted by Gasteiger charge is -2.35. The maximum atomic E-state index is 2.61. The molecule has 2 rings (SSSR count). The average molecular weight is 193 g/mol. The molecule has 1 heteroatoms. The summed E-state index contributed by atoms with van der Waals surface area (Å²) in [5, 5.41) is 0. The van der Waals surface area contributed by atoms with Crippen LogP contribution in [0.1, 0.15) is 52.9 Å². The fourth-order valence-electron chi connectivity index (χ4n) is 2.62. The predicted octanol–water partition coefficient (Wildman–Crippen LogP) is 3.56. The lowest BCUT2D eigenvalue weighted by atomic mass is 9.85. The zero-order chi connectivity index (χ0) is 10.2. The maximum absolute atomic E-state index is 2.61. The van der Waals surface area contributed by atoms with Crippen molar-refractivity contribution in [3.63, 3.8) is 0 Å². The predicted molar refractivity (Wildman–Crippen MR) is 61.1 cm³/mol. The molecule has 0 aromatic carbocycles. The number of allylic oxidation sites excluding steroid dienone is 1. The number of hydrogen-bond acceptors (Lipinski definition) is 1. The Kier molecular flexibility index (Phi) is 2.59. The van der Waals surface area contributed by atoms with E-state index in [4.69, 9.17) is 0 Å². The van der Waals surface area contributed by atoms with E-state index in [1.807, 2.05) is 0 Å². The summed E-state index contributed by atoms with van der Waals surface area (Å²) in [4.78, 5) is 2.61. The van der Waals surface area contributed by atoms with Crippen LogP contribution < -0.4 is 0 Å². The van der Waals surface area contributed by atoms with Crippen molar-refractivity contribution in [2.45, 2.75) is 58.9 Å². The van der Waals surface area contributed by atoms with Gasteiger partial charge in [-0.1, -0.05) is 26.3 Å². The molecule has 1 unspecified atom stereocenters. The average Bonchev–Trinajstić information content (AvgIpc) is 2.42. The molecule has 1 heterocycles. The van der Waals surface area contributed by atoms with Gasteiger partial charge in [0.1, 0.15) is 0 Å². The van der Waals surface area contributed by atoms with Gasteiger partial charge in [0.25, 0.3) is 0 Å². The molecular weight excluding hydrogens is 170 g/mol. The molecule has 0 bridgehead atoms. The van der Waals surface area contributed by atoms with Gasteiger partial charge in [-0.25, -0.2) is 0 Å². The third-order valence-electron chi connectivity index (χ3n) is 3.64. The molecule has 2 fully saturated rings. The highest BCUT2D eigenvalue weighted by Gasteiger charge is 2.32. The summed E-state index contributed by atoms with van der Waals surface area (Å²) < 4.78 is 0. The SMILES string of the molecule is CC(C)(C)C1CCCN1C=C1CCC1. The number of nitrogens with zero attached hydrogens (tertiary/aromatic N) is 1. The topological polar surface area (TPSA) is 3.24 Å². The molecule has 14 heavy (non-hydrogen) atoms. The van der Waals surface area contributed by atoms with Crippen LogP contribution in [0.3, 0.4) is 0 Å². The van der Waals surface area contributed by atoms with Crippen molar-refractivity contribution < 1.29 is 0 Å². The Morgan fingerprint density at radius 3 is 2.43 bits per heavy atom. The number of likely N-dealkylation sites (tertiary alicyclic amines) is 1. The lowest BCUT2D eigenvalue weighted by Crippen LogP contribution is -2.36. The Labute approximate surface area is 88.2 Å². The van der Waals surface area contributed by atoms with E-state index in [1.54, 1.807) is 5.57 Å². The molecule has 0 amide bonds. The van der Waals surface area contributed by atoms with Gasteiger partial charge in [0, 0.05) is 12.6 Å². The second kappa shape index (κ2) is 3.60. The van der Waals surface area contributed by atoms with Gasteiger partial charge in [-0.2, -0.15) is 0 Å². The van der Waals surface area contributed by atoms with Crippen LogP contribution >= 0.6 is 0 Å². The Bertz CT molecular complexity index is 228. The minimum absolute atomic E-state index is 0.442. The van der Waals surface area contributed by atoms with Gasteiger partial charge in [0.15, 0.2) is 0 Å². The summed E-state index contributed by atoms with van der Waals surface area (Å²) in [5.41, 5.74) is 2.12. The summed E-state index contributed by atoms with van der Waals surface area (Å²) in [6.45, 7) is 8.39. The van der Waals surface area contributed by atoms with E-state index in [0.29, 0.717) is 5.41 Å². The van der Waals surface area contributed by atoms with E-state index < -0.39 is 0 Å². The van der Waals surface area contributed by atoms with Gasteiger partial charge < -0.3 is 4.90 Å². The highest BCUT2D eigenvalue weighted by molar-refractivity contribution is 5.11. The first-order valence-electron chi connectivity index (χ1n) is 6.03. The molecule has 1 aliphatic heterocycles. The molecule has 80 valence electrons. The Morgan fingerprint density at radius 1 is 1.21 bits per heavy atom. The van der Waals surface area contributed by atoms with Crippen molar-refractivity contribution in [3.05, 3.63) is 11.8 Å². The van der Waals surface area contributed by atoms with E-state index >= 15 is 0 Å². The van der Waals surface area contributed by atoms with E-state index in [0.717, 1.165) is 6.04 Å². The van der Waals surface area contributed by atoms with E-state index in [2.05, 4.69) is 31.9 Å². The zero-order valence-electron chi connectivity index (χ0n) is 9.84. The number of hydrogen-bond donors (Lipinski definition) is 0. The van der Waals surface area contributed by atoms with Crippen LogP contribution in [-0.4, -0.2) is 17.5 Å². The Balaban J connectivity index is 2.03. The lowest BCUT2D eigenvalue weighted by molar-refractivity contribution is 0.187. The first-order chi connectivity index (χ1) is 6.57. The second-order valence-corrected chi connectivity index (χ2v) is 5.90. The second-order valence-electron chi connectivity index (χ2n) is 5.90. The maximum Gasteiger partial charge on any atom is 0.0333 e. The van der Waals surface area contributed by atoms with Crippen LogP contribution in [-0.2, 0) is 0 Å². The molecule has 1 saturated heterocycles. The molecule has 1 aliphatic carbocycles. The van der Waals surface area contributed by atoms with Crippen LogP contribution in [0.15, 0.2) is 11.8 Å². The van der Waals surface area contributed by atoms with E-state index in [1.165, 1.54) is 38.6 Å². The highest BCUT2D eigenvalue weighted by Crippen LogP contribution is 2.35. The molecule has 1 atom stereocenters. The standard InChI is InChI=1S/C13H23N/c1-13(2,3)12-8-5-9-14(12)10-11-6-4-7-11/h10,12H,4-9H2,1-3H3. The molecular formula is C13H23N. The van der Waals surface area contributed by atoms with Crippen molar-refractivity contribution in [1.29, 1.82) is 0 Å². The third-order valence-corrected chi connectivity index (χ3v) is 3.64. The van der Waals surface area contributed by atoms with Crippen molar-refractivity contribution in [2.24, 2.45) is 5.41 Å². The smallest absolute Gasteiger partial charge is 0.0333 e. The van der Waals surface area contributed by atoms with Gasteiger partial charge in [-0.05, 0) is 43.7 Å². The van der Waals surface area contributed by atoms with Gasteiger partial charge >= 0.3 is 0 Å². The molecule has 1 nitrogen and oxygen atoms in total. The largest absolute Gasteiger partial charge is 0.374 e. The van der Waals surface area contributed by atoms with Gasteiger partial charge in [0.05, 0.1) is 0 Å². The van der Waals surface area contributed by atoms with Crippen molar-refractivity contribution >= 4 is 0 Å². The van der Waals surface area contributed by atoms with Crippen LogP contribution in [0.5, 0.6) is 0 Å². The number of rotatable bonds is 1. The summed E-state index contributed by atoms with van der Waals surface area (Å²) in [5.74, 6) is 0. The molecule has 0 aromatic rings. The third kappa shape index (κ3) is 1.97. The molecule has 0 aromatic heterocycles. The van der Waals surface area contributed by atoms with Crippen LogP contribution in [0.2, 0.25) is 0 Å². The quantitative estimate of drug-likeness (QED) is 0.615. The van der Waals surface area contributed by atoms with Crippen LogP contribution in [0, 0.1) is 5.41 Å². The first-order valence-corrected chi connectivity index (χ1v) is 6.03. The minimum Gasteiger partial charge on any atom is -0.374 e. The summed E-state index contributed by atoms with van der Waals surface area (Å²) in [6.07, 6.45) is 9.35. The van der Waals surface area contributed by atoms with Gasteiger partial charge in [-0.3, -0.25) is 0 Å². The monoisotopic (exact) mass is 193 g/mol. The van der Waals surface area contributed by atoms with Crippen molar-refractivity contribution in [2.75, 3.05) is 6.54 Å². The van der Waals surface area contributed by atoms with Crippen LogP contribution in [0.25, 0.3) is 0 Å². The molecule has 2 aliphatic rings.